The zero-order chi connectivity index (χ0) is 22.0. The molecule has 0 aliphatic rings. The van der Waals surface area contributed by atoms with E-state index >= 15 is 0 Å². The summed E-state index contributed by atoms with van der Waals surface area (Å²) in [6.07, 6.45) is 0. The van der Waals surface area contributed by atoms with E-state index in [1.54, 1.807) is 48.5 Å². The van der Waals surface area contributed by atoms with Crippen LogP contribution in [0.5, 0.6) is 0 Å². The summed E-state index contributed by atoms with van der Waals surface area (Å²) in [6.45, 7) is 0.209. The highest BCUT2D eigenvalue weighted by molar-refractivity contribution is 9.10. The Morgan fingerprint density at radius 2 is 1.68 bits per heavy atom. The lowest BCUT2D eigenvalue weighted by atomic mass is 10.2. The Bertz CT molecular complexity index is 1320. The third-order valence-electron chi connectivity index (χ3n) is 4.45. The molecule has 0 amide bonds. The number of nitrogens with one attached hydrogen (secondary N) is 1. The number of nitrogens with zero attached hydrogens (tertiary/aromatic N) is 1. The number of rotatable bonds is 6. The van der Waals surface area contributed by atoms with Crippen molar-refractivity contribution in [1.29, 1.82) is 0 Å². The van der Waals surface area contributed by atoms with Gasteiger partial charge in [0.2, 0.25) is 26.6 Å². The number of hydrogen-bond acceptors (Lipinski definition) is 5. The van der Waals surface area contributed by atoms with Gasteiger partial charge in [-0.2, -0.15) is 4.98 Å². The predicted octanol–water partition coefficient (Wildman–Crippen LogP) is 6.34. The number of aromatic nitrogens is 1. The fourth-order valence-electron chi connectivity index (χ4n) is 2.86. The molecule has 0 saturated heterocycles. The van der Waals surface area contributed by atoms with Gasteiger partial charge in [0.1, 0.15) is 5.82 Å². The summed E-state index contributed by atoms with van der Waals surface area (Å²) in [4.78, 5) is 4.33. The summed E-state index contributed by atoms with van der Waals surface area (Å²) in [5, 5.41) is 3.08. The van der Waals surface area contributed by atoms with Gasteiger partial charge in [-0.15, -0.1) is 0 Å². The van der Waals surface area contributed by atoms with E-state index in [0.717, 1.165) is 10.0 Å². The van der Waals surface area contributed by atoms with Gasteiger partial charge in [0.15, 0.2) is 0 Å². The second-order valence-corrected chi connectivity index (χ2v) is 9.76. The number of halogens is 3. The Kier molecular flexibility index (Phi) is 6.13. The molecule has 31 heavy (non-hydrogen) atoms. The van der Waals surface area contributed by atoms with Crippen LogP contribution in [0.1, 0.15) is 5.56 Å². The summed E-state index contributed by atoms with van der Waals surface area (Å²) in [7, 11) is -3.99. The van der Waals surface area contributed by atoms with Gasteiger partial charge in [0, 0.05) is 11.0 Å². The topological polar surface area (TPSA) is 72.2 Å². The first kappa shape index (κ1) is 21.5. The lowest BCUT2D eigenvalue weighted by Gasteiger charge is -2.06. The molecule has 1 heterocycles. The summed E-state index contributed by atoms with van der Waals surface area (Å²) >= 11 is 9.54. The van der Waals surface area contributed by atoms with Gasteiger partial charge in [0.25, 0.3) is 0 Å². The largest absolute Gasteiger partial charge is 0.419 e. The van der Waals surface area contributed by atoms with E-state index in [9.17, 15) is 12.8 Å². The van der Waals surface area contributed by atoms with E-state index in [-0.39, 0.29) is 34.1 Å². The lowest BCUT2D eigenvalue weighted by Crippen LogP contribution is -2.07. The van der Waals surface area contributed by atoms with Crippen molar-refractivity contribution in [2.75, 3.05) is 5.32 Å². The molecular formula is C22H15BrClFN2O3S. The molecule has 0 bridgehead atoms. The Hall–Kier alpha value is -2.68. The van der Waals surface area contributed by atoms with Crippen LogP contribution in [-0.2, 0) is 16.4 Å². The average Bonchev–Trinajstić information content (AvgIpc) is 3.19. The van der Waals surface area contributed by atoms with E-state index in [4.69, 9.17) is 16.0 Å². The number of anilines is 1. The quantitative estimate of drug-likeness (QED) is 0.320. The van der Waals surface area contributed by atoms with Gasteiger partial charge in [-0.25, -0.2) is 12.8 Å². The molecule has 0 aliphatic heterocycles. The summed E-state index contributed by atoms with van der Waals surface area (Å²) in [5.74, 6) is -0.312. The zero-order valence-electron chi connectivity index (χ0n) is 15.8. The zero-order valence-corrected chi connectivity index (χ0v) is 19.0. The van der Waals surface area contributed by atoms with Crippen molar-refractivity contribution in [2.45, 2.75) is 16.5 Å². The third-order valence-corrected chi connectivity index (χ3v) is 6.98. The maximum atomic E-state index is 13.3. The van der Waals surface area contributed by atoms with E-state index in [1.165, 1.54) is 24.3 Å². The highest BCUT2D eigenvalue weighted by atomic mass is 79.9. The van der Waals surface area contributed by atoms with Crippen LogP contribution in [0.25, 0.3) is 11.5 Å². The second kappa shape index (κ2) is 8.82. The van der Waals surface area contributed by atoms with Crippen molar-refractivity contribution in [1.82, 2.24) is 4.98 Å². The highest BCUT2D eigenvalue weighted by Gasteiger charge is 2.29. The lowest BCUT2D eigenvalue weighted by molar-refractivity contribution is 0.576. The van der Waals surface area contributed by atoms with Crippen LogP contribution in [0.4, 0.5) is 10.3 Å². The normalized spacial score (nSPS) is 11.5. The van der Waals surface area contributed by atoms with E-state index in [1.807, 2.05) is 0 Å². The van der Waals surface area contributed by atoms with Crippen LogP contribution in [0.2, 0.25) is 5.02 Å². The smallest absolute Gasteiger partial charge is 0.234 e. The molecule has 0 atom stereocenters. The van der Waals surface area contributed by atoms with Crippen LogP contribution < -0.4 is 5.32 Å². The summed E-state index contributed by atoms with van der Waals surface area (Å²) < 4.78 is 46.3. The minimum Gasteiger partial charge on any atom is -0.419 e. The van der Waals surface area contributed by atoms with Crippen LogP contribution in [0.3, 0.4) is 0 Å². The Balaban J connectivity index is 1.77. The fourth-order valence-corrected chi connectivity index (χ4v) is 4.62. The molecule has 9 heteroatoms. The molecule has 0 fully saturated rings. The van der Waals surface area contributed by atoms with Gasteiger partial charge in [-0.05, 0) is 54.1 Å². The number of oxazole rings is 1. The summed E-state index contributed by atoms with van der Waals surface area (Å²) in [5.41, 5.74) is 1.20. The monoisotopic (exact) mass is 520 g/mol. The van der Waals surface area contributed by atoms with Crippen LogP contribution >= 0.6 is 27.5 Å². The van der Waals surface area contributed by atoms with Crippen molar-refractivity contribution >= 4 is 43.3 Å². The molecule has 0 saturated carbocycles. The van der Waals surface area contributed by atoms with Gasteiger partial charge >= 0.3 is 0 Å². The first-order chi connectivity index (χ1) is 14.8. The molecule has 1 aromatic heterocycles. The minimum absolute atomic E-state index is 0.0258. The van der Waals surface area contributed by atoms with Gasteiger partial charge < -0.3 is 9.73 Å². The SMILES string of the molecule is O=S(=O)(c1ccc(Br)cc1)c1nc(-c2ccccc2Cl)oc1NCc1ccc(F)cc1. The average molecular weight is 522 g/mol. The van der Waals surface area contributed by atoms with Crippen LogP contribution in [-0.4, -0.2) is 13.4 Å². The van der Waals surface area contributed by atoms with Gasteiger partial charge in [-0.1, -0.05) is 51.8 Å². The summed E-state index contributed by atoms with van der Waals surface area (Å²) in [6, 6.07) is 18.9. The Morgan fingerprint density at radius 1 is 1.00 bits per heavy atom. The fraction of sp³-hybridized carbons (Fsp3) is 0.0455. The number of benzene rings is 3. The van der Waals surface area contributed by atoms with Crippen molar-refractivity contribution in [3.8, 4) is 11.5 Å². The molecule has 0 spiro atoms. The van der Waals surface area contributed by atoms with Crippen molar-refractivity contribution in [3.63, 3.8) is 0 Å². The van der Waals surface area contributed by atoms with Crippen molar-refractivity contribution in [3.05, 3.63) is 93.7 Å². The maximum Gasteiger partial charge on any atom is 0.234 e. The molecule has 4 aromatic rings. The van der Waals surface area contributed by atoms with Crippen LogP contribution in [0, 0.1) is 5.82 Å². The molecule has 158 valence electrons. The highest BCUT2D eigenvalue weighted by Crippen LogP contribution is 2.35. The molecule has 5 nitrogen and oxygen atoms in total. The second-order valence-electron chi connectivity index (χ2n) is 6.57. The maximum absolute atomic E-state index is 13.3. The first-order valence-corrected chi connectivity index (χ1v) is 11.7. The van der Waals surface area contributed by atoms with Gasteiger partial charge in [0.05, 0.1) is 15.5 Å². The molecular weight excluding hydrogens is 507 g/mol. The molecule has 4 rings (SSSR count). The molecule has 0 aliphatic carbocycles. The molecule has 1 N–H and O–H groups in total. The molecule has 3 aromatic carbocycles. The Morgan fingerprint density at radius 3 is 2.35 bits per heavy atom. The van der Waals surface area contributed by atoms with Crippen molar-refractivity contribution in [2.24, 2.45) is 0 Å². The van der Waals surface area contributed by atoms with Crippen LogP contribution in [0.15, 0.2) is 91.6 Å². The van der Waals surface area contributed by atoms with E-state index < -0.39 is 9.84 Å². The van der Waals surface area contributed by atoms with Crippen molar-refractivity contribution < 1.29 is 17.2 Å². The minimum atomic E-state index is -3.99. The predicted molar refractivity (Wildman–Crippen MR) is 120 cm³/mol. The van der Waals surface area contributed by atoms with E-state index in [0.29, 0.717) is 10.6 Å². The first-order valence-electron chi connectivity index (χ1n) is 9.09. The Labute approximate surface area is 191 Å². The van der Waals surface area contributed by atoms with E-state index in [2.05, 4.69) is 26.2 Å². The standard InChI is InChI=1S/C22H15BrClFN2O3S/c23-15-7-11-17(12-8-15)31(28,29)22-21(26-13-14-5-9-16(25)10-6-14)30-20(27-22)18-3-1-2-4-19(18)24/h1-12,26H,13H2. The molecule has 0 unspecified atom stereocenters. The van der Waals surface area contributed by atoms with Gasteiger partial charge in [-0.3, -0.25) is 0 Å². The third kappa shape index (κ3) is 4.66. The number of hydrogen-bond donors (Lipinski definition) is 1. The number of sulfone groups is 1. The molecule has 0 radical (unpaired) electrons.